The van der Waals surface area contributed by atoms with Crippen LogP contribution in [0.25, 0.3) is 138 Å². The Hall–Kier alpha value is -6.90. The van der Waals surface area contributed by atoms with Crippen molar-refractivity contribution in [2.24, 2.45) is 0 Å². The third-order valence-electron chi connectivity index (χ3n) is 12.7. The predicted molar refractivity (Wildman–Crippen MR) is 254 cm³/mol. The van der Waals surface area contributed by atoms with Gasteiger partial charge in [0.25, 0.3) is 0 Å². The van der Waals surface area contributed by atoms with Crippen LogP contribution in [-0.4, -0.2) is 18.9 Å². The first-order valence-corrected chi connectivity index (χ1v) is 22.3. The summed E-state index contributed by atoms with van der Waals surface area (Å²) in [6.45, 7) is 0. The van der Waals surface area contributed by atoms with Gasteiger partial charge in [-0.2, -0.15) is 0 Å². The first-order valence-electron chi connectivity index (χ1n) is 19.8. The Morgan fingerprint density at radius 3 is 1.90 bits per heavy atom. The van der Waals surface area contributed by atoms with E-state index in [0.717, 1.165) is 32.5 Å². The van der Waals surface area contributed by atoms with Crippen LogP contribution in [0.4, 0.5) is 0 Å². The number of thiophene rings is 3. The van der Waals surface area contributed by atoms with Crippen molar-refractivity contribution in [1.29, 1.82) is 0 Å². The van der Waals surface area contributed by atoms with Crippen molar-refractivity contribution in [3.63, 3.8) is 0 Å². The van der Waals surface area contributed by atoms with Crippen molar-refractivity contribution in [2.45, 2.75) is 0 Å². The van der Waals surface area contributed by atoms with E-state index < -0.39 is 0 Å². The lowest BCUT2D eigenvalue weighted by Gasteiger charge is -2.11. The van der Waals surface area contributed by atoms with Crippen LogP contribution in [0.1, 0.15) is 0 Å². The Bertz CT molecular complexity index is 4250. The Balaban J connectivity index is 1.00. The average Bonchev–Trinajstić information content (AvgIpc) is 4.08. The van der Waals surface area contributed by atoms with Gasteiger partial charge in [0.05, 0.1) is 33.3 Å². The van der Waals surface area contributed by atoms with E-state index in [9.17, 15) is 0 Å². The van der Waals surface area contributed by atoms with Gasteiger partial charge in [0.15, 0.2) is 0 Å². The Morgan fingerprint density at radius 1 is 0.356 bits per heavy atom. The van der Waals surface area contributed by atoms with Gasteiger partial charge < -0.3 is 4.40 Å². The van der Waals surface area contributed by atoms with Crippen LogP contribution in [0.3, 0.4) is 0 Å². The largest absolute Gasteiger partial charge is 0.308 e. The molecule has 0 N–H and O–H groups in total. The van der Waals surface area contributed by atoms with Gasteiger partial charge in [0.1, 0.15) is 4.83 Å². The first-order chi connectivity index (χ1) is 29.2. The average molecular weight is 803 g/mol. The predicted octanol–water partition coefficient (Wildman–Crippen LogP) is 15.4. The molecular weight excluding hydrogens is 777 g/mol. The quantitative estimate of drug-likeness (QED) is 0.178. The molecule has 272 valence electrons. The monoisotopic (exact) mass is 802 g/mol. The minimum Gasteiger partial charge on any atom is -0.308 e. The van der Waals surface area contributed by atoms with Gasteiger partial charge in [-0.15, -0.1) is 34.0 Å². The lowest BCUT2D eigenvalue weighted by Crippen LogP contribution is -2.02. The molecule has 8 aromatic carbocycles. The molecule has 0 aliphatic rings. The number of nitrogens with zero attached hydrogens (tertiary/aromatic N) is 4. The molecule has 0 aliphatic carbocycles. The molecule has 4 nitrogen and oxygen atoms in total. The third kappa shape index (κ3) is 3.93. The number of hydrogen-bond acceptors (Lipinski definition) is 5. The summed E-state index contributed by atoms with van der Waals surface area (Å²) < 4.78 is 11.3. The molecule has 15 rings (SSSR count). The molecule has 0 atom stereocenters. The van der Waals surface area contributed by atoms with E-state index in [0.29, 0.717) is 5.95 Å². The van der Waals surface area contributed by atoms with Gasteiger partial charge in [-0.05, 0) is 65.7 Å². The molecule has 0 aliphatic heterocycles. The lowest BCUT2D eigenvalue weighted by molar-refractivity contribution is 1.02. The molecule has 0 fully saturated rings. The van der Waals surface area contributed by atoms with Gasteiger partial charge in [0.2, 0.25) is 5.95 Å². The van der Waals surface area contributed by atoms with Crippen LogP contribution in [0.5, 0.6) is 0 Å². The summed E-state index contributed by atoms with van der Waals surface area (Å²) in [5, 5.41) is 12.7. The van der Waals surface area contributed by atoms with E-state index >= 15 is 0 Å². The Kier molecular flexibility index (Phi) is 5.79. The Labute approximate surface area is 346 Å². The van der Waals surface area contributed by atoms with Crippen molar-refractivity contribution < 1.29 is 0 Å². The van der Waals surface area contributed by atoms with Crippen LogP contribution in [0.15, 0.2) is 158 Å². The fourth-order valence-corrected chi connectivity index (χ4v) is 13.6. The fraction of sp³-hybridized carbons (Fsp3) is 0. The third-order valence-corrected chi connectivity index (χ3v) is 16.0. The molecule has 59 heavy (non-hydrogen) atoms. The van der Waals surface area contributed by atoms with Crippen LogP contribution >= 0.6 is 34.0 Å². The highest BCUT2D eigenvalue weighted by atomic mass is 32.1. The molecule has 0 bridgehead atoms. The maximum absolute atomic E-state index is 5.61. The van der Waals surface area contributed by atoms with Crippen molar-refractivity contribution >= 4 is 144 Å². The highest BCUT2D eigenvalue weighted by Crippen LogP contribution is 2.50. The maximum atomic E-state index is 5.61. The van der Waals surface area contributed by atoms with E-state index in [2.05, 4.69) is 167 Å². The second-order valence-electron chi connectivity index (χ2n) is 15.7. The summed E-state index contributed by atoms with van der Waals surface area (Å²) in [6.07, 6.45) is 0. The standard InChI is InChI=1S/C52H26N4S3/c1-4-11-35-30(8-1)33-22-24-42-48-47-41(58-42)25-23-38-46(47)45-36(55(35)50(33)48)12-7-13-37(45)56(38)52-53-49(44-34-10-3-6-15-40(34)59-51(44)54-52)28-18-16-27(17-19-28)29-20-21-32-31-9-2-5-14-39(31)57-43(32)26-29/h1-26H. The molecule has 15 aromatic rings. The highest BCUT2D eigenvalue weighted by molar-refractivity contribution is 7.26. The topological polar surface area (TPSA) is 35.1 Å². The van der Waals surface area contributed by atoms with Crippen molar-refractivity contribution in [2.75, 3.05) is 0 Å². The Morgan fingerprint density at radius 2 is 1.00 bits per heavy atom. The highest BCUT2D eigenvalue weighted by Gasteiger charge is 2.27. The van der Waals surface area contributed by atoms with E-state index in [4.69, 9.17) is 9.97 Å². The van der Waals surface area contributed by atoms with Crippen LogP contribution in [0.2, 0.25) is 0 Å². The molecule has 0 radical (unpaired) electrons. The zero-order chi connectivity index (χ0) is 38.1. The summed E-state index contributed by atoms with van der Waals surface area (Å²) in [5.74, 6) is 0.692. The first kappa shape index (κ1) is 31.1. The fourth-order valence-electron chi connectivity index (χ4n) is 10.2. The van der Waals surface area contributed by atoms with Gasteiger partial charge in [-0.1, -0.05) is 103 Å². The number of fused-ring (bicyclic) bond motifs is 10. The second kappa shape index (κ2) is 11.0. The minimum absolute atomic E-state index is 0.692. The molecule has 7 aromatic heterocycles. The molecule has 0 saturated carbocycles. The van der Waals surface area contributed by atoms with E-state index in [1.54, 1.807) is 11.3 Å². The van der Waals surface area contributed by atoms with E-state index in [1.165, 1.54) is 99.7 Å². The van der Waals surface area contributed by atoms with Gasteiger partial charge in [0, 0.05) is 82.9 Å². The summed E-state index contributed by atoms with van der Waals surface area (Å²) in [4.78, 5) is 12.1. The molecule has 7 heteroatoms. The summed E-state index contributed by atoms with van der Waals surface area (Å²) in [5.41, 5.74) is 10.4. The zero-order valence-electron chi connectivity index (χ0n) is 31.0. The van der Waals surface area contributed by atoms with Crippen molar-refractivity contribution in [3.8, 4) is 28.3 Å². The maximum Gasteiger partial charge on any atom is 0.236 e. The van der Waals surface area contributed by atoms with Gasteiger partial charge >= 0.3 is 0 Å². The van der Waals surface area contributed by atoms with Crippen molar-refractivity contribution in [3.05, 3.63) is 158 Å². The molecular formula is C52H26N4S3. The summed E-state index contributed by atoms with van der Waals surface area (Å²) >= 11 is 5.50. The number of benzene rings is 8. The zero-order valence-corrected chi connectivity index (χ0v) is 33.5. The van der Waals surface area contributed by atoms with Crippen LogP contribution < -0.4 is 0 Å². The summed E-state index contributed by atoms with van der Waals surface area (Å²) in [7, 11) is 0. The van der Waals surface area contributed by atoms with Gasteiger partial charge in [-0.25, -0.2) is 9.97 Å². The second-order valence-corrected chi connectivity index (χ2v) is 18.9. The molecule has 0 amide bonds. The number of aromatic nitrogens is 4. The SMILES string of the molecule is c1ccc2c(c1)sc1cc(-c3ccc(-c4nc(-n5c6ccc7sc8ccc9c%10ccccc%10n%10c%11cccc5c%11c6c7c8c9%10)nc5sc6ccccc6c45)cc3)ccc12. The van der Waals surface area contributed by atoms with E-state index in [1.807, 2.05) is 22.7 Å². The van der Waals surface area contributed by atoms with Crippen molar-refractivity contribution in [1.82, 2.24) is 18.9 Å². The molecule has 0 spiro atoms. The number of rotatable bonds is 3. The molecule has 0 saturated heterocycles. The minimum atomic E-state index is 0.692. The van der Waals surface area contributed by atoms with E-state index in [-0.39, 0.29) is 0 Å². The van der Waals surface area contributed by atoms with Gasteiger partial charge in [-0.3, -0.25) is 4.57 Å². The smallest absolute Gasteiger partial charge is 0.236 e. The summed E-state index contributed by atoms with van der Waals surface area (Å²) in [6, 6.07) is 58.1. The van der Waals surface area contributed by atoms with Crippen LogP contribution in [0, 0.1) is 0 Å². The molecule has 0 unspecified atom stereocenters. The molecule has 7 heterocycles. The van der Waals surface area contributed by atoms with Crippen LogP contribution in [-0.2, 0) is 0 Å². The lowest BCUT2D eigenvalue weighted by atomic mass is 10.00. The number of para-hydroxylation sites is 1. The normalized spacial score (nSPS) is 12.7. The number of hydrogen-bond donors (Lipinski definition) is 0.